The highest BCUT2D eigenvalue weighted by molar-refractivity contribution is 5.85. The van der Waals surface area contributed by atoms with Crippen molar-refractivity contribution in [2.45, 2.75) is 6.04 Å². The molecule has 0 saturated heterocycles. The number of carboxylic acid groups (broad SMARTS) is 1. The van der Waals surface area contributed by atoms with Gasteiger partial charge in [-0.15, -0.1) is 24.8 Å². The normalized spacial score (nSPS) is 10.1. The average molecular weight is 219 g/mol. The van der Waals surface area contributed by atoms with Crippen molar-refractivity contribution in [3.05, 3.63) is 0 Å². The molecule has 0 bridgehead atoms. The molecule has 7 N–H and O–H groups in total. The van der Waals surface area contributed by atoms with E-state index in [1.165, 1.54) is 0 Å². The fraction of sp³-hybridized carbons (Fsp3) is 0.500. The number of hydrogen-bond acceptors (Lipinski definition) is 3. The van der Waals surface area contributed by atoms with Crippen LogP contribution in [0.4, 0.5) is 0 Å². The summed E-state index contributed by atoms with van der Waals surface area (Å²) in [6.45, 7) is -0.0856. The first-order valence-electron chi connectivity index (χ1n) is 2.58. The van der Waals surface area contributed by atoms with Crippen LogP contribution in [-0.4, -0.2) is 29.6 Å². The molecule has 0 saturated carbocycles. The molecule has 0 fully saturated rings. The lowest BCUT2D eigenvalue weighted by Gasteiger charge is -2.00. The maximum Gasteiger partial charge on any atom is 0.322 e. The van der Waals surface area contributed by atoms with Crippen molar-refractivity contribution in [2.24, 2.45) is 22.2 Å². The van der Waals surface area contributed by atoms with Gasteiger partial charge >= 0.3 is 5.97 Å². The van der Waals surface area contributed by atoms with Gasteiger partial charge in [0.05, 0.1) is 6.54 Å². The Bertz CT molecular complexity index is 159. The Morgan fingerprint density at radius 3 is 2.08 bits per heavy atom. The highest BCUT2D eigenvalue weighted by atomic mass is 35.5. The van der Waals surface area contributed by atoms with Gasteiger partial charge in [0.2, 0.25) is 0 Å². The molecule has 0 aliphatic heterocycles. The van der Waals surface area contributed by atoms with Crippen LogP contribution >= 0.6 is 24.8 Å². The lowest BCUT2D eigenvalue weighted by Crippen LogP contribution is -2.35. The molecule has 0 aromatic rings. The summed E-state index contributed by atoms with van der Waals surface area (Å²) in [6, 6.07) is -1.03. The molecule has 1 unspecified atom stereocenters. The second kappa shape index (κ2) is 8.38. The number of carboxylic acids is 1. The van der Waals surface area contributed by atoms with Crippen molar-refractivity contribution in [2.75, 3.05) is 6.54 Å². The summed E-state index contributed by atoms with van der Waals surface area (Å²) >= 11 is 0. The molecule has 1 atom stereocenters. The maximum atomic E-state index is 10.0. The summed E-state index contributed by atoms with van der Waals surface area (Å²) in [6.07, 6.45) is 0. The molecule has 0 radical (unpaired) electrons. The number of carbonyl (C=O) groups is 1. The van der Waals surface area contributed by atoms with Crippen molar-refractivity contribution in [3.8, 4) is 0 Å². The molecule has 0 aromatic carbocycles. The SMILES string of the molecule is Cl.Cl.NC(N)=NCC(N)C(=O)O. The first-order chi connectivity index (χ1) is 4.54. The van der Waals surface area contributed by atoms with Gasteiger partial charge in [-0.2, -0.15) is 0 Å². The van der Waals surface area contributed by atoms with Gasteiger partial charge in [-0.3, -0.25) is 9.79 Å². The van der Waals surface area contributed by atoms with Gasteiger partial charge in [0, 0.05) is 0 Å². The van der Waals surface area contributed by atoms with Gasteiger partial charge in [-0.1, -0.05) is 0 Å². The van der Waals surface area contributed by atoms with E-state index in [2.05, 4.69) is 4.99 Å². The van der Waals surface area contributed by atoms with Gasteiger partial charge in [0.15, 0.2) is 5.96 Å². The number of rotatable bonds is 3. The van der Waals surface area contributed by atoms with Gasteiger partial charge in [-0.25, -0.2) is 0 Å². The van der Waals surface area contributed by atoms with Gasteiger partial charge in [-0.05, 0) is 0 Å². The second-order valence-electron chi connectivity index (χ2n) is 1.71. The summed E-state index contributed by atoms with van der Waals surface area (Å²) in [5.41, 5.74) is 14.9. The molecule has 0 heterocycles. The molecular formula is C4H12Cl2N4O2. The number of nitrogens with two attached hydrogens (primary N) is 3. The molecule has 0 aliphatic rings. The lowest BCUT2D eigenvalue weighted by molar-refractivity contribution is -0.138. The first-order valence-corrected chi connectivity index (χ1v) is 2.58. The summed E-state index contributed by atoms with van der Waals surface area (Å²) in [7, 11) is 0. The van der Waals surface area contributed by atoms with E-state index in [0.717, 1.165) is 0 Å². The Labute approximate surface area is 82.0 Å². The summed E-state index contributed by atoms with van der Waals surface area (Å²) in [5, 5.41) is 8.22. The van der Waals surface area contributed by atoms with Crippen LogP contribution < -0.4 is 17.2 Å². The number of hydrogen-bond donors (Lipinski definition) is 4. The monoisotopic (exact) mass is 218 g/mol. The third-order valence-electron chi connectivity index (χ3n) is 0.788. The Morgan fingerprint density at radius 2 is 1.83 bits per heavy atom. The molecule has 0 aliphatic carbocycles. The molecule has 6 nitrogen and oxygen atoms in total. The van der Waals surface area contributed by atoms with Crippen molar-refractivity contribution < 1.29 is 9.90 Å². The molecule has 12 heavy (non-hydrogen) atoms. The second-order valence-corrected chi connectivity index (χ2v) is 1.71. The zero-order valence-electron chi connectivity index (χ0n) is 6.14. The van der Waals surface area contributed by atoms with E-state index in [9.17, 15) is 4.79 Å². The topological polar surface area (TPSA) is 128 Å². The van der Waals surface area contributed by atoms with Crippen LogP contribution in [0, 0.1) is 0 Å². The van der Waals surface area contributed by atoms with Crippen LogP contribution in [-0.2, 0) is 4.79 Å². The zero-order valence-corrected chi connectivity index (χ0v) is 7.77. The lowest BCUT2D eigenvalue weighted by atomic mass is 10.3. The standard InChI is InChI=1S/C4H10N4O2.2ClH/c5-2(3(9)10)1-8-4(6)7;;/h2H,1,5H2,(H,9,10)(H4,6,7,8);2*1H. The van der Waals surface area contributed by atoms with Crippen LogP contribution in [0.1, 0.15) is 0 Å². The largest absolute Gasteiger partial charge is 0.480 e. The highest BCUT2D eigenvalue weighted by Gasteiger charge is 2.09. The number of nitrogens with zero attached hydrogens (tertiary/aromatic N) is 1. The maximum absolute atomic E-state index is 10.0. The Morgan fingerprint density at radius 1 is 1.42 bits per heavy atom. The van der Waals surface area contributed by atoms with Crippen molar-refractivity contribution >= 4 is 36.7 Å². The van der Waals surface area contributed by atoms with E-state index in [1.807, 2.05) is 0 Å². The minimum Gasteiger partial charge on any atom is -0.480 e. The molecule has 0 aromatic heterocycles. The number of aliphatic imine (C=N–C) groups is 1. The third-order valence-corrected chi connectivity index (χ3v) is 0.788. The summed E-state index contributed by atoms with van der Waals surface area (Å²) in [5.74, 6) is -1.28. The van der Waals surface area contributed by atoms with Gasteiger partial charge in [0.1, 0.15) is 6.04 Å². The molecule has 74 valence electrons. The Hall–Kier alpha value is -0.720. The number of halogens is 2. The Balaban J connectivity index is -0.000000405. The minimum atomic E-state index is -1.12. The highest BCUT2D eigenvalue weighted by Crippen LogP contribution is 1.78. The van der Waals surface area contributed by atoms with Crippen LogP contribution in [0.15, 0.2) is 4.99 Å². The van der Waals surface area contributed by atoms with Crippen LogP contribution in [0.5, 0.6) is 0 Å². The fourth-order valence-electron chi connectivity index (χ4n) is 0.282. The number of aliphatic carboxylic acids is 1. The van der Waals surface area contributed by atoms with Crippen molar-refractivity contribution in [1.29, 1.82) is 0 Å². The van der Waals surface area contributed by atoms with Gasteiger partial charge in [0.25, 0.3) is 0 Å². The Kier molecular flexibility index (Phi) is 12.1. The zero-order chi connectivity index (χ0) is 8.15. The van der Waals surface area contributed by atoms with Crippen LogP contribution in [0.3, 0.4) is 0 Å². The third kappa shape index (κ3) is 9.28. The van der Waals surface area contributed by atoms with Crippen molar-refractivity contribution in [3.63, 3.8) is 0 Å². The fourth-order valence-corrected chi connectivity index (χ4v) is 0.282. The summed E-state index contributed by atoms with van der Waals surface area (Å²) < 4.78 is 0. The predicted molar refractivity (Wildman–Crippen MR) is 50.8 cm³/mol. The number of guanidine groups is 1. The quantitative estimate of drug-likeness (QED) is 0.339. The smallest absolute Gasteiger partial charge is 0.322 e. The predicted octanol–water partition coefficient (Wildman–Crippen LogP) is -1.48. The van der Waals surface area contributed by atoms with E-state index in [0.29, 0.717) is 0 Å². The summed E-state index contributed by atoms with van der Waals surface area (Å²) in [4.78, 5) is 13.4. The van der Waals surface area contributed by atoms with E-state index in [1.54, 1.807) is 0 Å². The molecule has 0 amide bonds. The molecular weight excluding hydrogens is 207 g/mol. The van der Waals surface area contributed by atoms with Crippen LogP contribution in [0.2, 0.25) is 0 Å². The van der Waals surface area contributed by atoms with Gasteiger partial charge < -0.3 is 22.3 Å². The van der Waals surface area contributed by atoms with Crippen molar-refractivity contribution in [1.82, 2.24) is 0 Å². The van der Waals surface area contributed by atoms with E-state index in [-0.39, 0.29) is 37.3 Å². The molecule has 0 rings (SSSR count). The average Bonchev–Trinajstić information content (AvgIpc) is 1.82. The molecule has 0 spiro atoms. The van der Waals surface area contributed by atoms with E-state index >= 15 is 0 Å². The van der Waals surface area contributed by atoms with E-state index < -0.39 is 12.0 Å². The van der Waals surface area contributed by atoms with Crippen LogP contribution in [0.25, 0.3) is 0 Å². The van der Waals surface area contributed by atoms with E-state index in [4.69, 9.17) is 22.3 Å². The minimum absolute atomic E-state index is 0. The molecule has 8 heteroatoms. The first kappa shape index (κ1) is 17.4.